The molecular formula is C27H26N2O3. The Morgan fingerprint density at radius 1 is 0.875 bits per heavy atom. The van der Waals surface area contributed by atoms with Crippen LogP contribution in [0.5, 0.6) is 5.75 Å². The van der Waals surface area contributed by atoms with E-state index in [0.29, 0.717) is 34.8 Å². The molecule has 0 fully saturated rings. The Morgan fingerprint density at radius 2 is 1.56 bits per heavy atom. The standard InChI is InChI=1S/C27H26N2O3/c1-5-28(21-9-7-6-8-10-21)25-24(20-13-15-22(32-4)16-14-20)26(30)29(27(25)31)23-17-18(2)11-12-19(23)3/h6-17H,5H2,1-4H3. The van der Waals surface area contributed by atoms with Gasteiger partial charge in [0.25, 0.3) is 11.8 Å². The summed E-state index contributed by atoms with van der Waals surface area (Å²) in [5.41, 5.74) is 4.79. The maximum atomic E-state index is 13.8. The molecule has 3 aromatic rings. The molecule has 1 aliphatic heterocycles. The van der Waals surface area contributed by atoms with Crippen LogP contribution in [0.4, 0.5) is 11.4 Å². The molecule has 0 radical (unpaired) electrons. The maximum absolute atomic E-state index is 13.8. The van der Waals surface area contributed by atoms with Crippen LogP contribution in [-0.4, -0.2) is 25.5 Å². The van der Waals surface area contributed by atoms with E-state index < -0.39 is 0 Å². The van der Waals surface area contributed by atoms with Gasteiger partial charge in [0, 0.05) is 12.2 Å². The van der Waals surface area contributed by atoms with Crippen molar-refractivity contribution in [1.29, 1.82) is 0 Å². The fraction of sp³-hybridized carbons (Fsp3) is 0.185. The summed E-state index contributed by atoms with van der Waals surface area (Å²) in [6.45, 7) is 6.38. The number of para-hydroxylation sites is 1. The van der Waals surface area contributed by atoms with Gasteiger partial charge < -0.3 is 9.64 Å². The molecule has 0 spiro atoms. The zero-order valence-electron chi connectivity index (χ0n) is 18.8. The fourth-order valence-corrected chi connectivity index (χ4v) is 4.04. The van der Waals surface area contributed by atoms with E-state index >= 15 is 0 Å². The highest BCUT2D eigenvalue weighted by Gasteiger charge is 2.43. The molecule has 32 heavy (non-hydrogen) atoms. The summed E-state index contributed by atoms with van der Waals surface area (Å²) in [7, 11) is 1.60. The van der Waals surface area contributed by atoms with Crippen molar-refractivity contribution in [1.82, 2.24) is 0 Å². The summed E-state index contributed by atoms with van der Waals surface area (Å²) in [6.07, 6.45) is 0. The van der Waals surface area contributed by atoms with E-state index in [9.17, 15) is 9.59 Å². The number of carbonyl (C=O) groups is 2. The number of nitrogens with zero attached hydrogens (tertiary/aromatic N) is 2. The molecule has 5 heteroatoms. The van der Waals surface area contributed by atoms with Gasteiger partial charge in [-0.25, -0.2) is 4.90 Å². The number of amides is 2. The normalized spacial score (nSPS) is 13.7. The minimum atomic E-state index is -0.321. The van der Waals surface area contributed by atoms with E-state index in [1.54, 1.807) is 19.2 Å². The predicted molar refractivity (Wildman–Crippen MR) is 128 cm³/mol. The maximum Gasteiger partial charge on any atom is 0.282 e. The lowest BCUT2D eigenvalue weighted by Gasteiger charge is -2.25. The minimum Gasteiger partial charge on any atom is -0.497 e. The van der Waals surface area contributed by atoms with Gasteiger partial charge in [0.05, 0.1) is 18.4 Å². The van der Waals surface area contributed by atoms with Crippen LogP contribution < -0.4 is 14.5 Å². The van der Waals surface area contributed by atoms with E-state index in [1.807, 2.05) is 86.3 Å². The molecule has 0 saturated carbocycles. The van der Waals surface area contributed by atoms with Crippen molar-refractivity contribution in [3.05, 3.63) is 95.2 Å². The Kier molecular flexibility index (Phi) is 5.82. The Labute approximate surface area is 188 Å². The average Bonchev–Trinajstić information content (AvgIpc) is 3.07. The van der Waals surface area contributed by atoms with Gasteiger partial charge in [0.2, 0.25) is 0 Å². The lowest BCUT2D eigenvalue weighted by molar-refractivity contribution is -0.120. The first-order chi connectivity index (χ1) is 15.5. The van der Waals surface area contributed by atoms with Crippen LogP contribution in [-0.2, 0) is 9.59 Å². The molecule has 2 amide bonds. The van der Waals surface area contributed by atoms with Gasteiger partial charge in [-0.3, -0.25) is 9.59 Å². The second kappa shape index (κ2) is 8.71. The van der Waals surface area contributed by atoms with E-state index in [1.165, 1.54) is 4.90 Å². The first-order valence-electron chi connectivity index (χ1n) is 10.6. The van der Waals surface area contributed by atoms with Gasteiger partial charge in [-0.1, -0.05) is 42.5 Å². The third-order valence-electron chi connectivity index (χ3n) is 5.70. The second-order valence-electron chi connectivity index (χ2n) is 7.77. The SMILES string of the molecule is CCN(C1=C(c2ccc(OC)cc2)C(=O)N(c2cc(C)ccc2C)C1=O)c1ccccc1. The molecule has 0 aromatic heterocycles. The highest BCUT2D eigenvalue weighted by molar-refractivity contribution is 6.46. The van der Waals surface area contributed by atoms with Crippen LogP contribution in [0.1, 0.15) is 23.6 Å². The van der Waals surface area contributed by atoms with E-state index in [4.69, 9.17) is 4.74 Å². The second-order valence-corrected chi connectivity index (χ2v) is 7.77. The molecule has 162 valence electrons. The van der Waals surface area contributed by atoms with E-state index in [-0.39, 0.29) is 11.8 Å². The van der Waals surface area contributed by atoms with Gasteiger partial charge in [-0.15, -0.1) is 0 Å². The minimum absolute atomic E-state index is 0.319. The number of benzene rings is 3. The van der Waals surface area contributed by atoms with Crippen molar-refractivity contribution in [2.75, 3.05) is 23.5 Å². The van der Waals surface area contributed by atoms with Crippen LogP contribution in [0.25, 0.3) is 5.57 Å². The van der Waals surface area contributed by atoms with Crippen molar-refractivity contribution >= 4 is 28.8 Å². The molecular weight excluding hydrogens is 400 g/mol. The molecule has 0 N–H and O–H groups in total. The van der Waals surface area contributed by atoms with Crippen LogP contribution >= 0.6 is 0 Å². The molecule has 0 saturated heterocycles. The summed E-state index contributed by atoms with van der Waals surface area (Å²) in [5.74, 6) is 0.0490. The summed E-state index contributed by atoms with van der Waals surface area (Å²) >= 11 is 0. The van der Waals surface area contributed by atoms with E-state index in [0.717, 1.165) is 16.8 Å². The average molecular weight is 427 g/mol. The van der Waals surface area contributed by atoms with Crippen molar-refractivity contribution < 1.29 is 14.3 Å². The molecule has 1 aliphatic rings. The molecule has 1 heterocycles. The number of carbonyl (C=O) groups excluding carboxylic acids is 2. The predicted octanol–water partition coefficient (Wildman–Crippen LogP) is 5.12. The first-order valence-corrected chi connectivity index (χ1v) is 10.6. The van der Waals surface area contributed by atoms with Crippen molar-refractivity contribution in [3.63, 3.8) is 0 Å². The number of aryl methyl sites for hydroxylation is 2. The van der Waals surface area contributed by atoms with Gasteiger partial charge >= 0.3 is 0 Å². The van der Waals surface area contributed by atoms with Crippen molar-refractivity contribution in [2.45, 2.75) is 20.8 Å². The van der Waals surface area contributed by atoms with Gasteiger partial charge in [-0.05, 0) is 67.8 Å². The molecule has 4 rings (SSSR count). The summed E-state index contributed by atoms with van der Waals surface area (Å²) in [6, 6.07) is 22.7. The number of imide groups is 1. The quantitative estimate of drug-likeness (QED) is 0.513. The number of ether oxygens (including phenoxy) is 1. The molecule has 0 bridgehead atoms. The fourth-order valence-electron chi connectivity index (χ4n) is 4.04. The molecule has 3 aromatic carbocycles. The van der Waals surface area contributed by atoms with Gasteiger partial charge in [0.1, 0.15) is 11.4 Å². The molecule has 0 unspecified atom stereocenters. The first kappa shape index (κ1) is 21.4. The Hall–Kier alpha value is -3.86. The molecule has 0 atom stereocenters. The van der Waals surface area contributed by atoms with Crippen LogP contribution in [0.2, 0.25) is 0 Å². The summed E-state index contributed by atoms with van der Waals surface area (Å²) in [4.78, 5) is 30.8. The molecule has 5 nitrogen and oxygen atoms in total. The lowest BCUT2D eigenvalue weighted by atomic mass is 10.0. The van der Waals surface area contributed by atoms with Gasteiger partial charge in [0.15, 0.2) is 0 Å². The monoisotopic (exact) mass is 426 g/mol. The smallest absolute Gasteiger partial charge is 0.282 e. The third kappa shape index (κ3) is 3.66. The van der Waals surface area contributed by atoms with Crippen LogP contribution in [0, 0.1) is 13.8 Å². The van der Waals surface area contributed by atoms with Crippen molar-refractivity contribution in [2.24, 2.45) is 0 Å². The Morgan fingerprint density at radius 3 is 2.19 bits per heavy atom. The van der Waals surface area contributed by atoms with Crippen LogP contribution in [0.15, 0.2) is 78.5 Å². The van der Waals surface area contributed by atoms with Gasteiger partial charge in [-0.2, -0.15) is 0 Å². The highest BCUT2D eigenvalue weighted by Crippen LogP contribution is 2.38. The Bertz CT molecular complexity index is 1200. The summed E-state index contributed by atoms with van der Waals surface area (Å²) in [5, 5.41) is 0. The number of methoxy groups -OCH3 is 1. The molecule has 0 aliphatic carbocycles. The summed E-state index contributed by atoms with van der Waals surface area (Å²) < 4.78 is 5.28. The zero-order chi connectivity index (χ0) is 22.8. The lowest BCUT2D eigenvalue weighted by Crippen LogP contribution is -2.35. The van der Waals surface area contributed by atoms with E-state index in [2.05, 4.69) is 0 Å². The largest absolute Gasteiger partial charge is 0.497 e. The Balaban J connectivity index is 1.92. The third-order valence-corrected chi connectivity index (χ3v) is 5.70. The van der Waals surface area contributed by atoms with Crippen LogP contribution in [0.3, 0.4) is 0 Å². The number of hydrogen-bond donors (Lipinski definition) is 0. The topological polar surface area (TPSA) is 49.9 Å². The van der Waals surface area contributed by atoms with Crippen molar-refractivity contribution in [3.8, 4) is 5.75 Å². The zero-order valence-corrected chi connectivity index (χ0v) is 18.8. The number of hydrogen-bond acceptors (Lipinski definition) is 4. The number of rotatable bonds is 6. The number of anilines is 2. The highest BCUT2D eigenvalue weighted by atomic mass is 16.5. The number of likely N-dealkylation sites (N-methyl/N-ethyl adjacent to an activating group) is 1.